The molecule has 4 aromatic rings. The number of aliphatic hydroxyl groups excluding tert-OH is 1. The number of piperidine rings is 1. The summed E-state index contributed by atoms with van der Waals surface area (Å²) in [6.07, 6.45) is 2.48. The molecular weight excluding hydrogens is 495 g/mol. The van der Waals surface area contributed by atoms with Gasteiger partial charge in [-0.1, -0.05) is 29.7 Å². The zero-order valence-electron chi connectivity index (χ0n) is 19.9. The van der Waals surface area contributed by atoms with E-state index in [4.69, 9.17) is 16.0 Å². The highest BCUT2D eigenvalue weighted by Gasteiger charge is 2.31. The molecular formula is C29H24ClFN2O4. The number of hydrogen-bond donors (Lipinski definition) is 2. The average molecular weight is 519 g/mol. The summed E-state index contributed by atoms with van der Waals surface area (Å²) >= 11 is 5.91. The molecule has 0 radical (unpaired) electrons. The first-order valence-corrected chi connectivity index (χ1v) is 12.3. The third-order valence-electron chi connectivity index (χ3n) is 6.58. The average Bonchev–Trinajstić information content (AvgIpc) is 2.90. The molecule has 0 spiro atoms. The van der Waals surface area contributed by atoms with Crippen molar-refractivity contribution in [3.63, 3.8) is 0 Å². The molecule has 1 aliphatic heterocycles. The minimum atomic E-state index is -1.03. The van der Waals surface area contributed by atoms with Gasteiger partial charge in [0.25, 0.3) is 0 Å². The lowest BCUT2D eigenvalue weighted by Crippen LogP contribution is -2.46. The summed E-state index contributed by atoms with van der Waals surface area (Å²) in [5.74, 6) is 5.61. The first-order chi connectivity index (χ1) is 17.8. The Kier molecular flexibility index (Phi) is 7.09. The van der Waals surface area contributed by atoms with Gasteiger partial charge >= 0.3 is 0 Å². The maximum atomic E-state index is 14.6. The monoisotopic (exact) mass is 518 g/mol. The molecule has 0 unspecified atom stereocenters. The molecule has 0 saturated carbocycles. The predicted octanol–water partition coefficient (Wildman–Crippen LogP) is 4.37. The van der Waals surface area contributed by atoms with Gasteiger partial charge in [-0.2, -0.15) is 0 Å². The largest absolute Gasteiger partial charge is 0.459 e. The van der Waals surface area contributed by atoms with Crippen molar-refractivity contribution >= 4 is 22.6 Å². The zero-order chi connectivity index (χ0) is 26.0. The molecule has 1 fully saturated rings. The maximum absolute atomic E-state index is 14.6. The number of likely N-dealkylation sites (tertiary alicyclic amines) is 1. The fourth-order valence-electron chi connectivity index (χ4n) is 4.33. The van der Waals surface area contributed by atoms with E-state index in [2.05, 4.69) is 21.7 Å². The Morgan fingerprint density at radius 3 is 2.51 bits per heavy atom. The molecule has 2 aromatic carbocycles. The van der Waals surface area contributed by atoms with Gasteiger partial charge in [-0.25, -0.2) is 9.37 Å². The highest BCUT2D eigenvalue weighted by atomic mass is 35.5. The van der Waals surface area contributed by atoms with Gasteiger partial charge in [0.2, 0.25) is 0 Å². The summed E-state index contributed by atoms with van der Waals surface area (Å²) in [4.78, 5) is 19.0. The number of hydrogen-bond acceptors (Lipinski definition) is 6. The molecule has 188 valence electrons. The summed E-state index contributed by atoms with van der Waals surface area (Å²) in [5.41, 5.74) is 1.17. The fraction of sp³-hybridized carbons (Fsp3) is 0.241. The fourth-order valence-corrected chi connectivity index (χ4v) is 4.46. The Balaban J connectivity index is 1.33. The highest BCUT2D eigenvalue weighted by molar-refractivity contribution is 6.30. The van der Waals surface area contributed by atoms with Crippen LogP contribution < -0.4 is 5.43 Å². The topological polar surface area (TPSA) is 86.8 Å². The van der Waals surface area contributed by atoms with Gasteiger partial charge in [-0.3, -0.25) is 9.69 Å². The molecule has 0 aliphatic carbocycles. The standard InChI is InChI=1S/C29H24ClFN2O4/c30-22-5-3-20(4-6-22)21-14-25(31)26(32-16-21)7-1-19-2-8-28-24(13-19)27(35)15-23(37-28)17-33-11-9-29(36,18-34)10-12-33/h2-6,8,13-16,34,36H,9-12,17-18H2. The van der Waals surface area contributed by atoms with Crippen LogP contribution in [-0.4, -0.2) is 45.4 Å². The third-order valence-corrected chi connectivity index (χ3v) is 6.83. The normalized spacial score (nSPS) is 15.4. The number of halogens is 2. The van der Waals surface area contributed by atoms with Crippen molar-refractivity contribution in [2.75, 3.05) is 19.7 Å². The summed E-state index contributed by atoms with van der Waals surface area (Å²) in [5, 5.41) is 20.5. The minimum absolute atomic E-state index is 0.00909. The van der Waals surface area contributed by atoms with Crippen LogP contribution in [0.3, 0.4) is 0 Å². The summed E-state index contributed by atoms with van der Waals surface area (Å²) < 4.78 is 20.6. The van der Waals surface area contributed by atoms with Crippen molar-refractivity contribution in [1.82, 2.24) is 9.88 Å². The van der Waals surface area contributed by atoms with Gasteiger partial charge in [-0.05, 0) is 60.7 Å². The second kappa shape index (κ2) is 10.4. The van der Waals surface area contributed by atoms with Crippen LogP contribution >= 0.6 is 11.6 Å². The minimum Gasteiger partial charge on any atom is -0.459 e. The van der Waals surface area contributed by atoms with Gasteiger partial charge in [-0.15, -0.1) is 0 Å². The van der Waals surface area contributed by atoms with E-state index < -0.39 is 11.4 Å². The van der Waals surface area contributed by atoms with Gasteiger partial charge in [0.15, 0.2) is 11.2 Å². The van der Waals surface area contributed by atoms with Crippen LogP contribution in [0.25, 0.3) is 22.1 Å². The van der Waals surface area contributed by atoms with Crippen molar-refractivity contribution in [1.29, 1.82) is 0 Å². The van der Waals surface area contributed by atoms with Crippen molar-refractivity contribution in [3.05, 3.63) is 98.9 Å². The molecule has 3 heterocycles. The van der Waals surface area contributed by atoms with Crippen LogP contribution in [-0.2, 0) is 6.54 Å². The number of fused-ring (bicyclic) bond motifs is 1. The Morgan fingerprint density at radius 1 is 1.05 bits per heavy atom. The van der Waals surface area contributed by atoms with Crippen molar-refractivity contribution < 1.29 is 19.0 Å². The van der Waals surface area contributed by atoms with Crippen LogP contribution in [0, 0.1) is 17.7 Å². The summed E-state index contributed by atoms with van der Waals surface area (Å²) in [6, 6.07) is 14.9. The van der Waals surface area contributed by atoms with Gasteiger partial charge in [0, 0.05) is 41.5 Å². The molecule has 2 N–H and O–H groups in total. The number of nitrogens with zero attached hydrogens (tertiary/aromatic N) is 2. The van der Waals surface area contributed by atoms with E-state index >= 15 is 0 Å². The quantitative estimate of drug-likeness (QED) is 0.390. The highest BCUT2D eigenvalue weighted by Crippen LogP contribution is 2.24. The Bertz CT molecular complexity index is 1570. The molecule has 37 heavy (non-hydrogen) atoms. The lowest BCUT2D eigenvalue weighted by Gasteiger charge is -2.36. The molecule has 2 aromatic heterocycles. The predicted molar refractivity (Wildman–Crippen MR) is 140 cm³/mol. The lowest BCUT2D eigenvalue weighted by atomic mass is 9.92. The van der Waals surface area contributed by atoms with E-state index in [0.29, 0.717) is 65.4 Å². The Labute approximate surface area is 218 Å². The van der Waals surface area contributed by atoms with Crippen molar-refractivity contribution in [2.24, 2.45) is 0 Å². The second-order valence-electron chi connectivity index (χ2n) is 9.26. The lowest BCUT2D eigenvalue weighted by molar-refractivity contribution is -0.0614. The van der Waals surface area contributed by atoms with E-state index in [1.807, 2.05) is 0 Å². The third kappa shape index (κ3) is 5.74. The van der Waals surface area contributed by atoms with E-state index in [1.54, 1.807) is 48.7 Å². The van der Waals surface area contributed by atoms with E-state index in [0.717, 1.165) is 5.56 Å². The smallest absolute Gasteiger partial charge is 0.193 e. The van der Waals surface area contributed by atoms with E-state index in [-0.39, 0.29) is 17.7 Å². The molecule has 5 rings (SSSR count). The van der Waals surface area contributed by atoms with Crippen LogP contribution in [0.15, 0.2) is 70.0 Å². The van der Waals surface area contributed by atoms with Gasteiger partial charge in [0.1, 0.15) is 17.0 Å². The zero-order valence-corrected chi connectivity index (χ0v) is 20.6. The first-order valence-electron chi connectivity index (χ1n) is 11.9. The van der Waals surface area contributed by atoms with E-state index in [1.165, 1.54) is 12.1 Å². The van der Waals surface area contributed by atoms with Crippen LogP contribution in [0.5, 0.6) is 0 Å². The van der Waals surface area contributed by atoms with Crippen LogP contribution in [0.4, 0.5) is 4.39 Å². The molecule has 8 heteroatoms. The number of benzene rings is 2. The number of rotatable bonds is 4. The molecule has 1 saturated heterocycles. The Hall–Kier alpha value is -3.54. The van der Waals surface area contributed by atoms with Gasteiger partial charge < -0.3 is 14.6 Å². The SMILES string of the molecule is O=c1cc(CN2CCC(O)(CO)CC2)oc2ccc(C#Cc3ncc(-c4ccc(Cl)cc4)cc3F)cc12. The van der Waals surface area contributed by atoms with E-state index in [9.17, 15) is 19.4 Å². The molecule has 0 atom stereocenters. The van der Waals surface area contributed by atoms with Gasteiger partial charge in [0.05, 0.1) is 24.1 Å². The maximum Gasteiger partial charge on any atom is 0.193 e. The summed E-state index contributed by atoms with van der Waals surface area (Å²) in [7, 11) is 0. The number of aromatic nitrogens is 1. The molecule has 0 amide bonds. The molecule has 6 nitrogen and oxygen atoms in total. The van der Waals surface area contributed by atoms with Crippen molar-refractivity contribution in [2.45, 2.75) is 25.0 Å². The summed E-state index contributed by atoms with van der Waals surface area (Å²) in [6.45, 7) is 1.37. The Morgan fingerprint density at radius 2 is 1.81 bits per heavy atom. The number of aliphatic hydroxyl groups is 2. The first kappa shape index (κ1) is 25.1. The second-order valence-corrected chi connectivity index (χ2v) is 9.69. The van der Waals surface area contributed by atoms with Crippen LogP contribution in [0.1, 0.15) is 29.9 Å². The van der Waals surface area contributed by atoms with Crippen LogP contribution in [0.2, 0.25) is 5.02 Å². The number of pyridine rings is 1. The molecule has 0 bridgehead atoms. The molecule has 1 aliphatic rings. The van der Waals surface area contributed by atoms with Crippen molar-refractivity contribution in [3.8, 4) is 23.0 Å².